The van der Waals surface area contributed by atoms with Gasteiger partial charge in [0, 0.05) is 12.0 Å². The van der Waals surface area contributed by atoms with Crippen LogP contribution in [0.3, 0.4) is 0 Å². The van der Waals surface area contributed by atoms with Crippen molar-refractivity contribution in [2.45, 2.75) is 17.3 Å². The average Bonchev–Trinajstić information content (AvgIpc) is 2.43. The standard InChI is InChI=1S/C13H13ClIN3OS/c1-19-6-9-12(15)13(16)18-11(17-9)7-20-10-5-3-2-4-8(10)14/h2-5H,6-7H2,1H3,(H2,16,17,18). The number of hydrogen-bond acceptors (Lipinski definition) is 5. The molecular formula is C13H13ClIN3OS. The largest absolute Gasteiger partial charge is 0.383 e. The topological polar surface area (TPSA) is 61.0 Å². The Morgan fingerprint density at radius 2 is 2.10 bits per heavy atom. The number of halogens is 2. The number of methoxy groups -OCH3 is 1. The molecule has 106 valence electrons. The van der Waals surface area contributed by atoms with Crippen LogP contribution in [0, 0.1) is 3.57 Å². The van der Waals surface area contributed by atoms with E-state index in [1.807, 2.05) is 24.3 Å². The van der Waals surface area contributed by atoms with Crippen molar-refractivity contribution >= 4 is 51.8 Å². The molecule has 0 saturated heterocycles. The smallest absolute Gasteiger partial charge is 0.141 e. The number of aromatic nitrogens is 2. The summed E-state index contributed by atoms with van der Waals surface area (Å²) in [6.45, 7) is 0.425. The lowest BCUT2D eigenvalue weighted by Gasteiger charge is -2.08. The lowest BCUT2D eigenvalue weighted by atomic mass is 10.4. The fourth-order valence-corrected chi connectivity index (χ4v) is 3.06. The highest BCUT2D eigenvalue weighted by molar-refractivity contribution is 14.1. The quantitative estimate of drug-likeness (QED) is 0.588. The first kappa shape index (κ1) is 15.8. The zero-order valence-electron chi connectivity index (χ0n) is 10.8. The van der Waals surface area contributed by atoms with Crippen LogP contribution in [0.2, 0.25) is 5.02 Å². The number of ether oxygens (including phenoxy) is 1. The van der Waals surface area contributed by atoms with Crippen LogP contribution in [-0.2, 0) is 17.1 Å². The Labute approximate surface area is 140 Å². The Morgan fingerprint density at radius 3 is 2.80 bits per heavy atom. The summed E-state index contributed by atoms with van der Waals surface area (Å²) in [6, 6.07) is 7.69. The molecule has 0 atom stereocenters. The lowest BCUT2D eigenvalue weighted by Crippen LogP contribution is -2.07. The number of hydrogen-bond donors (Lipinski definition) is 1. The van der Waals surface area contributed by atoms with Gasteiger partial charge in [0.25, 0.3) is 0 Å². The molecule has 0 fully saturated rings. The van der Waals surface area contributed by atoms with E-state index in [1.165, 1.54) is 0 Å². The maximum atomic E-state index is 6.12. The molecule has 0 aliphatic carbocycles. The highest BCUT2D eigenvalue weighted by atomic mass is 127. The molecule has 2 N–H and O–H groups in total. The second-order valence-corrected chi connectivity index (χ2v) is 6.44. The molecule has 2 aromatic rings. The Kier molecular flexibility index (Phi) is 5.88. The van der Waals surface area contributed by atoms with Crippen molar-refractivity contribution in [3.63, 3.8) is 0 Å². The third-order valence-electron chi connectivity index (χ3n) is 2.47. The highest BCUT2D eigenvalue weighted by Gasteiger charge is 2.10. The van der Waals surface area contributed by atoms with Gasteiger partial charge in [0.1, 0.15) is 11.6 Å². The highest BCUT2D eigenvalue weighted by Crippen LogP contribution is 2.29. The lowest BCUT2D eigenvalue weighted by molar-refractivity contribution is 0.180. The van der Waals surface area contributed by atoms with Gasteiger partial charge in [0.05, 0.1) is 26.6 Å². The molecule has 4 nitrogen and oxygen atoms in total. The number of nitrogens with zero attached hydrogens (tertiary/aromatic N) is 2. The van der Waals surface area contributed by atoms with Crippen LogP contribution in [-0.4, -0.2) is 17.1 Å². The Morgan fingerprint density at radius 1 is 1.35 bits per heavy atom. The predicted octanol–water partition coefficient (Wildman–Crippen LogP) is 3.76. The molecule has 1 heterocycles. The minimum atomic E-state index is 0.425. The molecule has 0 saturated carbocycles. The van der Waals surface area contributed by atoms with Crippen LogP contribution in [0.25, 0.3) is 0 Å². The van der Waals surface area contributed by atoms with E-state index in [4.69, 9.17) is 22.1 Å². The zero-order valence-corrected chi connectivity index (χ0v) is 14.5. The van der Waals surface area contributed by atoms with Crippen molar-refractivity contribution in [1.82, 2.24) is 9.97 Å². The van der Waals surface area contributed by atoms with E-state index < -0.39 is 0 Å². The van der Waals surface area contributed by atoms with Gasteiger partial charge in [-0.15, -0.1) is 11.8 Å². The summed E-state index contributed by atoms with van der Waals surface area (Å²) in [7, 11) is 1.63. The van der Waals surface area contributed by atoms with Crippen molar-refractivity contribution < 1.29 is 4.74 Å². The number of nitrogens with two attached hydrogens (primary N) is 1. The summed E-state index contributed by atoms with van der Waals surface area (Å²) in [5.74, 6) is 1.78. The summed E-state index contributed by atoms with van der Waals surface area (Å²) in [4.78, 5) is 9.78. The van der Waals surface area contributed by atoms with E-state index in [9.17, 15) is 0 Å². The van der Waals surface area contributed by atoms with E-state index in [1.54, 1.807) is 18.9 Å². The number of rotatable bonds is 5. The van der Waals surface area contributed by atoms with E-state index in [-0.39, 0.29) is 0 Å². The Balaban J connectivity index is 2.16. The Bertz CT molecular complexity index is 612. The molecule has 0 bridgehead atoms. The van der Waals surface area contributed by atoms with Gasteiger partial charge in [0.15, 0.2) is 0 Å². The van der Waals surface area contributed by atoms with Gasteiger partial charge in [-0.3, -0.25) is 0 Å². The monoisotopic (exact) mass is 421 g/mol. The van der Waals surface area contributed by atoms with Gasteiger partial charge >= 0.3 is 0 Å². The van der Waals surface area contributed by atoms with Gasteiger partial charge in [-0.05, 0) is 34.7 Å². The summed E-state index contributed by atoms with van der Waals surface area (Å²) in [5, 5.41) is 0.730. The molecule has 7 heteroatoms. The molecule has 20 heavy (non-hydrogen) atoms. The van der Waals surface area contributed by atoms with Gasteiger partial charge in [-0.2, -0.15) is 0 Å². The normalized spacial score (nSPS) is 10.8. The first-order valence-corrected chi connectivity index (χ1v) is 8.23. The maximum Gasteiger partial charge on any atom is 0.141 e. The molecule has 0 aliphatic rings. The molecule has 0 aliphatic heterocycles. The van der Waals surface area contributed by atoms with Crippen molar-refractivity contribution in [3.8, 4) is 0 Å². The third-order valence-corrected chi connectivity index (χ3v) is 5.15. The van der Waals surface area contributed by atoms with Crippen LogP contribution in [0.4, 0.5) is 5.82 Å². The molecule has 0 spiro atoms. The second-order valence-electron chi connectivity index (χ2n) is 3.94. The average molecular weight is 422 g/mol. The van der Waals surface area contributed by atoms with E-state index in [0.29, 0.717) is 24.0 Å². The Hall–Kier alpha value is -0.570. The van der Waals surface area contributed by atoms with E-state index in [0.717, 1.165) is 19.2 Å². The number of anilines is 1. The minimum absolute atomic E-state index is 0.425. The van der Waals surface area contributed by atoms with Crippen LogP contribution >= 0.6 is 46.0 Å². The molecule has 0 radical (unpaired) electrons. The summed E-state index contributed by atoms with van der Waals surface area (Å²) >= 11 is 9.84. The molecular weight excluding hydrogens is 409 g/mol. The van der Waals surface area contributed by atoms with Gasteiger partial charge in [0.2, 0.25) is 0 Å². The fraction of sp³-hybridized carbons (Fsp3) is 0.231. The van der Waals surface area contributed by atoms with Gasteiger partial charge < -0.3 is 10.5 Å². The molecule has 0 amide bonds. The van der Waals surface area contributed by atoms with Crippen molar-refractivity contribution in [2.75, 3.05) is 12.8 Å². The first-order valence-electron chi connectivity index (χ1n) is 5.79. The molecule has 2 rings (SSSR count). The van der Waals surface area contributed by atoms with Gasteiger partial charge in [-0.1, -0.05) is 23.7 Å². The third kappa shape index (κ3) is 3.97. The molecule has 1 aromatic carbocycles. The summed E-state index contributed by atoms with van der Waals surface area (Å²) in [6.07, 6.45) is 0. The maximum absolute atomic E-state index is 6.12. The van der Waals surface area contributed by atoms with E-state index >= 15 is 0 Å². The predicted molar refractivity (Wildman–Crippen MR) is 90.9 cm³/mol. The summed E-state index contributed by atoms with van der Waals surface area (Å²) in [5.41, 5.74) is 6.72. The van der Waals surface area contributed by atoms with Crippen molar-refractivity contribution in [3.05, 3.63) is 44.4 Å². The summed E-state index contributed by atoms with van der Waals surface area (Å²) < 4.78 is 5.97. The van der Waals surface area contributed by atoms with Crippen LogP contribution in [0.15, 0.2) is 29.2 Å². The van der Waals surface area contributed by atoms with Crippen LogP contribution in [0.1, 0.15) is 11.5 Å². The number of benzene rings is 1. The van der Waals surface area contributed by atoms with Gasteiger partial charge in [-0.25, -0.2) is 9.97 Å². The zero-order chi connectivity index (χ0) is 14.5. The molecule has 0 unspecified atom stereocenters. The number of thioether (sulfide) groups is 1. The fourth-order valence-electron chi connectivity index (χ4n) is 1.57. The van der Waals surface area contributed by atoms with Crippen molar-refractivity contribution in [2.24, 2.45) is 0 Å². The van der Waals surface area contributed by atoms with E-state index in [2.05, 4.69) is 32.6 Å². The molecule has 1 aromatic heterocycles. The van der Waals surface area contributed by atoms with Crippen LogP contribution in [0.5, 0.6) is 0 Å². The van der Waals surface area contributed by atoms with Crippen LogP contribution < -0.4 is 5.73 Å². The SMILES string of the molecule is COCc1nc(CSc2ccccc2Cl)nc(N)c1I. The minimum Gasteiger partial charge on any atom is -0.383 e. The second kappa shape index (κ2) is 7.44. The number of nitrogen functional groups attached to an aromatic ring is 1. The first-order chi connectivity index (χ1) is 9.61. The van der Waals surface area contributed by atoms with Crippen molar-refractivity contribution in [1.29, 1.82) is 0 Å².